The molecule has 0 N–H and O–H groups in total. The van der Waals surface area contributed by atoms with Crippen molar-refractivity contribution in [3.63, 3.8) is 0 Å². The van der Waals surface area contributed by atoms with Gasteiger partial charge in [-0.15, -0.1) is 0 Å². The molecule has 2 saturated heterocycles. The molecule has 3 aliphatic heterocycles. The van der Waals surface area contributed by atoms with Crippen molar-refractivity contribution >= 4 is 17.9 Å². The Morgan fingerprint density at radius 2 is 1.90 bits per heavy atom. The van der Waals surface area contributed by atoms with Gasteiger partial charge in [-0.3, -0.25) is 9.69 Å². The largest absolute Gasteiger partial charge is 0.444 e. The third kappa shape index (κ3) is 5.30. The highest BCUT2D eigenvalue weighted by molar-refractivity contribution is 6.30. The Hall–Kier alpha value is -3.15. The molecule has 41 heavy (non-hydrogen) atoms. The Morgan fingerprint density at radius 3 is 2.54 bits per heavy atom. The molecule has 0 bridgehead atoms. The van der Waals surface area contributed by atoms with E-state index >= 15 is 0 Å². The number of fused-ring (bicyclic) bond motifs is 1. The number of carbonyl (C=O) groups is 1. The van der Waals surface area contributed by atoms with E-state index in [0.29, 0.717) is 44.0 Å². The lowest BCUT2D eigenvalue weighted by Gasteiger charge is -2.33. The number of aldehydes is 1. The van der Waals surface area contributed by atoms with Crippen molar-refractivity contribution in [1.29, 1.82) is 0 Å². The van der Waals surface area contributed by atoms with Gasteiger partial charge in [0.05, 0.1) is 24.8 Å². The summed E-state index contributed by atoms with van der Waals surface area (Å²) in [5.41, 5.74) is -0.454. The standard InChI is InChI=1S/C29H28ClF4N3O4/c1-28(21-6-5-18(30)13-22(21)31)40-24-4-2-3-20(26(24)41-28)17-7-10-36(11-8-17)15-25-35-27(29(32,33)34)23(16-38)37(25)14-19-9-12-39-19/h2-6,13,16-17,19H,7-12,14-15H2,1H3. The van der Waals surface area contributed by atoms with Gasteiger partial charge < -0.3 is 18.8 Å². The molecule has 0 saturated carbocycles. The first-order chi connectivity index (χ1) is 19.6. The molecular weight excluding hydrogens is 566 g/mol. The van der Waals surface area contributed by atoms with Gasteiger partial charge in [0, 0.05) is 24.1 Å². The molecule has 3 aliphatic rings. The van der Waals surface area contributed by atoms with Crippen molar-refractivity contribution in [3.05, 3.63) is 75.6 Å². The van der Waals surface area contributed by atoms with E-state index in [0.717, 1.165) is 12.0 Å². The lowest BCUT2D eigenvalue weighted by atomic mass is 9.88. The number of halogens is 5. The number of ether oxygens (including phenoxy) is 3. The molecule has 218 valence electrons. The fourth-order valence-corrected chi connectivity index (χ4v) is 6.00. The van der Waals surface area contributed by atoms with E-state index in [1.165, 1.54) is 10.6 Å². The minimum absolute atomic E-state index is 0.0987. The Kier molecular flexibility index (Phi) is 7.24. The highest BCUT2D eigenvalue weighted by Crippen LogP contribution is 2.50. The van der Waals surface area contributed by atoms with E-state index in [1.807, 2.05) is 17.0 Å². The number of imidazole rings is 1. The predicted octanol–water partition coefficient (Wildman–Crippen LogP) is 6.32. The number of hydrogen-bond acceptors (Lipinski definition) is 6. The van der Waals surface area contributed by atoms with E-state index in [2.05, 4.69) is 4.98 Å². The number of carbonyl (C=O) groups excluding carboxylic acids is 1. The van der Waals surface area contributed by atoms with Gasteiger partial charge in [0.15, 0.2) is 23.5 Å². The summed E-state index contributed by atoms with van der Waals surface area (Å²) >= 11 is 5.92. The van der Waals surface area contributed by atoms with Crippen LogP contribution in [0.2, 0.25) is 5.02 Å². The van der Waals surface area contributed by atoms with Gasteiger partial charge >= 0.3 is 6.18 Å². The van der Waals surface area contributed by atoms with Crippen molar-refractivity contribution in [2.75, 3.05) is 19.7 Å². The Labute approximate surface area is 239 Å². The maximum absolute atomic E-state index is 14.7. The Balaban J connectivity index is 1.18. The van der Waals surface area contributed by atoms with Gasteiger partial charge in [0.1, 0.15) is 17.3 Å². The normalized spacial score (nSPS) is 23.0. The summed E-state index contributed by atoms with van der Waals surface area (Å²) in [5.74, 6) is -0.515. The van der Waals surface area contributed by atoms with Crippen LogP contribution in [0.15, 0.2) is 36.4 Å². The molecule has 7 nitrogen and oxygen atoms in total. The molecule has 4 heterocycles. The van der Waals surface area contributed by atoms with Crippen LogP contribution in [0.25, 0.3) is 0 Å². The summed E-state index contributed by atoms with van der Waals surface area (Å²) in [4.78, 5) is 17.6. The predicted molar refractivity (Wildman–Crippen MR) is 141 cm³/mol. The first-order valence-corrected chi connectivity index (χ1v) is 13.9. The third-order valence-electron chi connectivity index (χ3n) is 8.07. The lowest BCUT2D eigenvalue weighted by Crippen LogP contribution is -2.36. The van der Waals surface area contributed by atoms with Crippen LogP contribution in [0.3, 0.4) is 0 Å². The van der Waals surface area contributed by atoms with Gasteiger partial charge in [0.2, 0.25) is 0 Å². The summed E-state index contributed by atoms with van der Waals surface area (Å²) in [7, 11) is 0. The number of benzene rings is 2. The van der Waals surface area contributed by atoms with Crippen LogP contribution < -0.4 is 9.47 Å². The molecule has 2 fully saturated rings. The second kappa shape index (κ2) is 10.6. The monoisotopic (exact) mass is 593 g/mol. The lowest BCUT2D eigenvalue weighted by molar-refractivity contribution is -0.141. The number of piperidine rings is 1. The molecule has 2 atom stereocenters. The van der Waals surface area contributed by atoms with Crippen molar-refractivity contribution in [3.8, 4) is 11.5 Å². The zero-order valence-electron chi connectivity index (χ0n) is 22.2. The molecule has 0 spiro atoms. The van der Waals surface area contributed by atoms with Crippen LogP contribution in [0.1, 0.15) is 65.2 Å². The number of para-hydroxylation sites is 1. The number of rotatable bonds is 7. The van der Waals surface area contributed by atoms with Gasteiger partial charge in [-0.25, -0.2) is 9.37 Å². The molecule has 0 amide bonds. The molecular formula is C29H28ClF4N3O4. The molecule has 2 aromatic carbocycles. The zero-order chi connectivity index (χ0) is 28.9. The molecule has 6 rings (SSSR count). The zero-order valence-corrected chi connectivity index (χ0v) is 23.0. The first kappa shape index (κ1) is 28.0. The van der Waals surface area contributed by atoms with E-state index in [1.54, 1.807) is 25.1 Å². The molecule has 0 radical (unpaired) electrons. The van der Waals surface area contributed by atoms with Crippen LogP contribution in [0, 0.1) is 5.82 Å². The van der Waals surface area contributed by atoms with Crippen LogP contribution in [0.4, 0.5) is 17.6 Å². The van der Waals surface area contributed by atoms with Crippen molar-refractivity contribution in [2.24, 2.45) is 0 Å². The van der Waals surface area contributed by atoms with Crippen molar-refractivity contribution in [2.45, 2.75) is 63.3 Å². The number of likely N-dealkylation sites (tertiary alicyclic amines) is 1. The number of hydrogen-bond donors (Lipinski definition) is 0. The summed E-state index contributed by atoms with van der Waals surface area (Å²) in [6.45, 7) is 3.74. The molecule has 0 aliphatic carbocycles. The second-order valence-electron chi connectivity index (χ2n) is 10.8. The number of aromatic nitrogens is 2. The summed E-state index contributed by atoms with van der Waals surface area (Å²) < 4.78 is 74.8. The van der Waals surface area contributed by atoms with E-state index in [4.69, 9.17) is 25.8 Å². The first-order valence-electron chi connectivity index (χ1n) is 13.5. The minimum Gasteiger partial charge on any atom is -0.444 e. The van der Waals surface area contributed by atoms with Crippen LogP contribution in [-0.4, -0.2) is 46.5 Å². The summed E-state index contributed by atoms with van der Waals surface area (Å²) in [6, 6.07) is 9.95. The van der Waals surface area contributed by atoms with Gasteiger partial charge in [-0.2, -0.15) is 13.2 Å². The SMILES string of the molecule is CC1(c2ccc(Cl)cc2F)Oc2cccc(C3CCN(Cc4nc(C(F)(F)F)c(C=O)n4CC4CCO4)CC3)c2O1. The highest BCUT2D eigenvalue weighted by atomic mass is 35.5. The quantitative estimate of drug-likeness (QED) is 0.236. The van der Waals surface area contributed by atoms with E-state index in [9.17, 15) is 22.4 Å². The van der Waals surface area contributed by atoms with Crippen molar-refractivity contribution < 1.29 is 36.6 Å². The molecule has 3 aromatic rings. The Morgan fingerprint density at radius 1 is 1.15 bits per heavy atom. The van der Waals surface area contributed by atoms with E-state index in [-0.39, 0.29) is 47.8 Å². The second-order valence-corrected chi connectivity index (χ2v) is 11.2. The van der Waals surface area contributed by atoms with Crippen LogP contribution in [-0.2, 0) is 29.8 Å². The van der Waals surface area contributed by atoms with Gasteiger partial charge in [-0.05, 0) is 62.5 Å². The molecule has 12 heteroatoms. The third-order valence-corrected chi connectivity index (χ3v) is 8.30. The molecule has 2 unspecified atom stereocenters. The maximum Gasteiger partial charge on any atom is 0.435 e. The van der Waals surface area contributed by atoms with Crippen LogP contribution in [0.5, 0.6) is 11.5 Å². The number of alkyl halides is 3. The average Bonchev–Trinajstić information content (AvgIpc) is 3.43. The fraction of sp³-hybridized carbons (Fsp3) is 0.448. The fourth-order valence-electron chi connectivity index (χ4n) is 5.84. The van der Waals surface area contributed by atoms with Gasteiger partial charge in [-0.1, -0.05) is 23.7 Å². The minimum atomic E-state index is -4.73. The summed E-state index contributed by atoms with van der Waals surface area (Å²) in [6.07, 6.45) is -2.59. The average molecular weight is 594 g/mol. The molecule has 1 aromatic heterocycles. The highest BCUT2D eigenvalue weighted by Gasteiger charge is 2.43. The maximum atomic E-state index is 14.7. The topological polar surface area (TPSA) is 65.8 Å². The summed E-state index contributed by atoms with van der Waals surface area (Å²) in [5, 5.41) is 0.272. The van der Waals surface area contributed by atoms with Crippen LogP contribution >= 0.6 is 11.6 Å². The Bertz CT molecular complexity index is 1470. The van der Waals surface area contributed by atoms with E-state index < -0.39 is 29.2 Å². The van der Waals surface area contributed by atoms with Gasteiger partial charge in [0.25, 0.3) is 5.79 Å². The number of nitrogens with zero attached hydrogens (tertiary/aromatic N) is 3. The van der Waals surface area contributed by atoms with Crippen molar-refractivity contribution in [1.82, 2.24) is 14.5 Å². The smallest absolute Gasteiger partial charge is 0.435 e.